The van der Waals surface area contributed by atoms with E-state index in [1.807, 2.05) is 30.3 Å². The summed E-state index contributed by atoms with van der Waals surface area (Å²) in [6.07, 6.45) is 6.36. The van der Waals surface area contributed by atoms with Gasteiger partial charge in [0.15, 0.2) is 6.10 Å². The van der Waals surface area contributed by atoms with Crippen LogP contribution >= 0.6 is 0 Å². The third-order valence-corrected chi connectivity index (χ3v) is 4.15. The molecule has 1 unspecified atom stereocenters. The van der Waals surface area contributed by atoms with Gasteiger partial charge in [-0.2, -0.15) is 0 Å². The molecule has 0 aromatic heterocycles. The summed E-state index contributed by atoms with van der Waals surface area (Å²) in [5.41, 5.74) is 0. The van der Waals surface area contributed by atoms with Gasteiger partial charge in [0.2, 0.25) is 0 Å². The molecule has 0 fully saturated rings. The predicted molar refractivity (Wildman–Crippen MR) is 72.5 cm³/mol. The van der Waals surface area contributed by atoms with Crippen molar-refractivity contribution in [1.29, 1.82) is 0 Å². The molecule has 0 heterocycles. The van der Waals surface area contributed by atoms with Gasteiger partial charge < -0.3 is 4.74 Å². The molecule has 0 amide bonds. The van der Waals surface area contributed by atoms with Crippen molar-refractivity contribution >= 4 is 8.07 Å². The Morgan fingerprint density at radius 2 is 1.88 bits per heavy atom. The third-order valence-electron chi connectivity index (χ3n) is 2.36. The summed E-state index contributed by atoms with van der Waals surface area (Å²) in [5.74, 6) is 3.59. The van der Waals surface area contributed by atoms with Crippen LogP contribution in [0.5, 0.6) is 5.75 Å². The van der Waals surface area contributed by atoms with Gasteiger partial charge in [-0.15, -0.1) is 6.42 Å². The Morgan fingerprint density at radius 1 is 1.25 bits per heavy atom. The third kappa shape index (κ3) is 5.04. The zero-order chi connectivity index (χ0) is 12.0. The molecular weight excluding hydrogens is 212 g/mol. The summed E-state index contributed by atoms with van der Waals surface area (Å²) >= 11 is 0. The second-order valence-electron chi connectivity index (χ2n) is 5.19. The first-order chi connectivity index (χ1) is 7.51. The van der Waals surface area contributed by atoms with Gasteiger partial charge in [-0.25, -0.2) is 0 Å². The van der Waals surface area contributed by atoms with Gasteiger partial charge in [0.1, 0.15) is 5.75 Å². The first-order valence-corrected chi connectivity index (χ1v) is 9.40. The van der Waals surface area contributed by atoms with Crippen molar-refractivity contribution in [3.8, 4) is 18.1 Å². The SMILES string of the molecule is C#CC(CC[Si](C)(C)C)Oc1ccccc1. The van der Waals surface area contributed by atoms with Crippen molar-refractivity contribution in [3.05, 3.63) is 30.3 Å². The molecule has 1 rings (SSSR count). The number of benzene rings is 1. The number of hydrogen-bond acceptors (Lipinski definition) is 1. The Morgan fingerprint density at radius 3 is 2.38 bits per heavy atom. The highest BCUT2D eigenvalue weighted by atomic mass is 28.3. The van der Waals surface area contributed by atoms with Gasteiger partial charge in [-0.3, -0.25) is 0 Å². The maximum absolute atomic E-state index is 5.75. The lowest BCUT2D eigenvalue weighted by Crippen LogP contribution is -2.24. The Hall–Kier alpha value is -1.20. The molecule has 1 nitrogen and oxygen atoms in total. The summed E-state index contributed by atoms with van der Waals surface area (Å²) in [6, 6.07) is 11.0. The number of hydrogen-bond donors (Lipinski definition) is 0. The maximum Gasteiger partial charge on any atom is 0.158 e. The smallest absolute Gasteiger partial charge is 0.158 e. The van der Waals surface area contributed by atoms with Crippen LogP contribution < -0.4 is 4.74 Å². The number of rotatable bonds is 5. The van der Waals surface area contributed by atoms with E-state index in [0.717, 1.165) is 12.2 Å². The quantitative estimate of drug-likeness (QED) is 0.554. The van der Waals surface area contributed by atoms with E-state index in [1.54, 1.807) is 0 Å². The van der Waals surface area contributed by atoms with E-state index in [-0.39, 0.29) is 6.10 Å². The number of para-hydroxylation sites is 1. The molecule has 0 saturated carbocycles. The fourth-order valence-corrected chi connectivity index (χ4v) is 2.53. The lowest BCUT2D eigenvalue weighted by Gasteiger charge is -2.19. The summed E-state index contributed by atoms with van der Waals surface area (Å²) in [4.78, 5) is 0. The molecule has 86 valence electrons. The molecule has 0 aliphatic carbocycles. The van der Waals surface area contributed by atoms with Crippen molar-refractivity contribution in [2.75, 3.05) is 0 Å². The van der Waals surface area contributed by atoms with Crippen molar-refractivity contribution in [3.63, 3.8) is 0 Å². The van der Waals surface area contributed by atoms with Crippen LogP contribution in [0.25, 0.3) is 0 Å². The molecule has 0 N–H and O–H groups in total. The molecule has 1 aromatic carbocycles. The van der Waals surface area contributed by atoms with Crippen molar-refractivity contribution in [1.82, 2.24) is 0 Å². The minimum Gasteiger partial charge on any atom is -0.478 e. The molecule has 0 radical (unpaired) electrons. The van der Waals surface area contributed by atoms with E-state index in [2.05, 4.69) is 25.6 Å². The Kier molecular flexibility index (Phi) is 4.64. The zero-order valence-corrected chi connectivity index (χ0v) is 11.4. The normalized spacial score (nSPS) is 12.9. The average molecular weight is 232 g/mol. The van der Waals surface area contributed by atoms with Gasteiger partial charge in [-0.05, 0) is 18.6 Å². The van der Waals surface area contributed by atoms with Crippen molar-refractivity contribution < 1.29 is 4.74 Å². The van der Waals surface area contributed by atoms with E-state index < -0.39 is 8.07 Å². The van der Waals surface area contributed by atoms with Crippen molar-refractivity contribution in [2.24, 2.45) is 0 Å². The summed E-state index contributed by atoms with van der Waals surface area (Å²) in [6.45, 7) is 7.05. The Balaban J connectivity index is 2.48. The lowest BCUT2D eigenvalue weighted by atomic mass is 10.3. The van der Waals surface area contributed by atoms with E-state index in [9.17, 15) is 0 Å². The van der Waals surface area contributed by atoms with Crippen LogP contribution in [0.4, 0.5) is 0 Å². The highest BCUT2D eigenvalue weighted by Gasteiger charge is 2.16. The van der Waals surface area contributed by atoms with Gasteiger partial charge in [-0.1, -0.05) is 49.8 Å². The molecule has 0 bridgehead atoms. The molecule has 0 aliphatic rings. The first kappa shape index (κ1) is 12.9. The molecule has 1 atom stereocenters. The van der Waals surface area contributed by atoms with Gasteiger partial charge in [0, 0.05) is 8.07 Å². The van der Waals surface area contributed by atoms with Gasteiger partial charge >= 0.3 is 0 Å². The molecule has 2 heteroatoms. The highest BCUT2D eigenvalue weighted by molar-refractivity contribution is 6.76. The Bertz CT molecular complexity index is 345. The second kappa shape index (κ2) is 5.76. The maximum atomic E-state index is 5.75. The molecule has 0 saturated heterocycles. The highest BCUT2D eigenvalue weighted by Crippen LogP contribution is 2.17. The minimum absolute atomic E-state index is 0.0888. The molecule has 16 heavy (non-hydrogen) atoms. The second-order valence-corrected chi connectivity index (χ2v) is 10.8. The van der Waals surface area contributed by atoms with Crippen LogP contribution in [0.2, 0.25) is 25.7 Å². The Labute approximate surface area is 99.8 Å². The van der Waals surface area contributed by atoms with Crippen molar-refractivity contribution in [2.45, 2.75) is 38.2 Å². The minimum atomic E-state index is -1.03. The van der Waals surface area contributed by atoms with E-state index in [0.29, 0.717) is 0 Å². The van der Waals surface area contributed by atoms with Crippen LogP contribution in [0.15, 0.2) is 30.3 Å². The molecule has 0 aliphatic heterocycles. The zero-order valence-electron chi connectivity index (χ0n) is 10.4. The first-order valence-electron chi connectivity index (χ1n) is 5.69. The monoisotopic (exact) mass is 232 g/mol. The summed E-state index contributed by atoms with van der Waals surface area (Å²) in [7, 11) is -1.03. The summed E-state index contributed by atoms with van der Waals surface area (Å²) in [5, 5.41) is 0. The average Bonchev–Trinajstić information content (AvgIpc) is 2.24. The van der Waals surface area contributed by atoms with Gasteiger partial charge in [0.05, 0.1) is 0 Å². The predicted octanol–water partition coefficient (Wildman–Crippen LogP) is 3.80. The topological polar surface area (TPSA) is 9.23 Å². The van der Waals surface area contributed by atoms with Crippen LogP contribution in [0.3, 0.4) is 0 Å². The summed E-state index contributed by atoms with van der Waals surface area (Å²) < 4.78 is 5.75. The van der Waals surface area contributed by atoms with Crippen LogP contribution in [0.1, 0.15) is 6.42 Å². The largest absolute Gasteiger partial charge is 0.478 e. The number of terminal acetylenes is 1. The van der Waals surface area contributed by atoms with Crippen LogP contribution in [0, 0.1) is 12.3 Å². The fraction of sp³-hybridized carbons (Fsp3) is 0.429. The van der Waals surface area contributed by atoms with E-state index in [4.69, 9.17) is 11.2 Å². The standard InChI is InChI=1S/C14H20OSi/c1-5-13(11-12-16(2,3)4)15-14-9-7-6-8-10-14/h1,6-10,13H,11-12H2,2-4H3. The lowest BCUT2D eigenvalue weighted by molar-refractivity contribution is 0.254. The van der Waals surface area contributed by atoms with Gasteiger partial charge in [0.25, 0.3) is 0 Å². The molecule has 1 aromatic rings. The van der Waals surface area contributed by atoms with Crippen LogP contribution in [-0.2, 0) is 0 Å². The number of ether oxygens (including phenoxy) is 1. The molecule has 0 spiro atoms. The van der Waals surface area contributed by atoms with E-state index in [1.165, 1.54) is 6.04 Å². The fourth-order valence-electron chi connectivity index (χ4n) is 1.40. The van der Waals surface area contributed by atoms with E-state index >= 15 is 0 Å². The molecular formula is C14H20OSi. The van der Waals surface area contributed by atoms with Crippen LogP contribution in [-0.4, -0.2) is 14.2 Å².